The zero-order valence-electron chi connectivity index (χ0n) is 17.2. The highest BCUT2D eigenvalue weighted by molar-refractivity contribution is 5.40. The lowest BCUT2D eigenvalue weighted by molar-refractivity contribution is 0.0896. The minimum Gasteiger partial charge on any atom is -0.492 e. The van der Waals surface area contributed by atoms with Crippen LogP contribution in [0.25, 0.3) is 0 Å². The number of nitrogens with zero attached hydrogens (tertiary/aromatic N) is 4. The van der Waals surface area contributed by atoms with E-state index in [2.05, 4.69) is 49.7 Å². The van der Waals surface area contributed by atoms with Gasteiger partial charge >= 0.3 is 0 Å². The van der Waals surface area contributed by atoms with Crippen molar-refractivity contribution in [3.8, 4) is 0 Å². The molecule has 29 heavy (non-hydrogen) atoms. The van der Waals surface area contributed by atoms with E-state index < -0.39 is 0 Å². The number of aromatic nitrogens is 2. The van der Waals surface area contributed by atoms with Gasteiger partial charge in [0.2, 0.25) is 0 Å². The standard InChI is InChI=1S/C21H32N6O2/c1-21(4-5-21)29-15-2-3-17-16(12-15)20(25-24-17)18-13-19(23-14-22-18)27-8-6-26(7-9-27)10-11-28/h2,13-14,16-17,20,24-25,28H,3-12H2,1H3/t16-,17+,20+/m0/s1. The molecule has 2 aliphatic heterocycles. The normalized spacial score (nSPS) is 31.3. The number of rotatable bonds is 6. The number of hydrazine groups is 1. The topological polar surface area (TPSA) is 85.8 Å². The zero-order chi connectivity index (χ0) is 19.8. The minimum absolute atomic E-state index is 0.0773. The van der Waals surface area contributed by atoms with Crippen LogP contribution in [-0.2, 0) is 4.74 Å². The molecule has 3 heterocycles. The van der Waals surface area contributed by atoms with Crippen molar-refractivity contribution < 1.29 is 9.84 Å². The summed E-state index contributed by atoms with van der Waals surface area (Å²) in [6.45, 7) is 6.95. The van der Waals surface area contributed by atoms with Gasteiger partial charge in [0, 0.05) is 57.2 Å². The molecule has 3 fully saturated rings. The van der Waals surface area contributed by atoms with Gasteiger partial charge in [-0.25, -0.2) is 15.4 Å². The molecule has 158 valence electrons. The van der Waals surface area contributed by atoms with Gasteiger partial charge in [0.1, 0.15) is 17.7 Å². The second kappa shape index (κ2) is 7.83. The summed E-state index contributed by atoms with van der Waals surface area (Å²) in [6, 6.07) is 2.72. The van der Waals surface area contributed by atoms with Gasteiger partial charge in [0.25, 0.3) is 0 Å². The van der Waals surface area contributed by atoms with E-state index in [1.165, 1.54) is 12.8 Å². The minimum atomic E-state index is 0.0773. The van der Waals surface area contributed by atoms with Crippen LogP contribution in [0.4, 0.5) is 5.82 Å². The van der Waals surface area contributed by atoms with E-state index in [1.54, 1.807) is 6.33 Å². The Labute approximate surface area is 172 Å². The fraction of sp³-hybridized carbons (Fsp3) is 0.714. The van der Waals surface area contributed by atoms with Crippen LogP contribution in [0.15, 0.2) is 24.2 Å². The van der Waals surface area contributed by atoms with Crippen molar-refractivity contribution >= 4 is 5.82 Å². The summed E-state index contributed by atoms with van der Waals surface area (Å²) in [5.41, 5.74) is 8.08. The van der Waals surface area contributed by atoms with Crippen LogP contribution < -0.4 is 15.8 Å². The molecule has 0 aromatic carbocycles. The number of aliphatic hydroxyl groups is 1. The van der Waals surface area contributed by atoms with Crippen LogP contribution in [0.5, 0.6) is 0 Å². The molecule has 8 nitrogen and oxygen atoms in total. The first kappa shape index (κ1) is 19.2. The summed E-state index contributed by atoms with van der Waals surface area (Å²) in [7, 11) is 0. The van der Waals surface area contributed by atoms with Crippen molar-refractivity contribution in [3.63, 3.8) is 0 Å². The Morgan fingerprint density at radius 3 is 2.79 bits per heavy atom. The molecule has 3 N–H and O–H groups in total. The average Bonchev–Trinajstić information content (AvgIpc) is 3.31. The first-order chi connectivity index (χ1) is 14.1. The third-order valence-electron chi connectivity index (χ3n) is 6.84. The molecule has 8 heteroatoms. The highest BCUT2D eigenvalue weighted by atomic mass is 16.5. The van der Waals surface area contributed by atoms with Crippen LogP contribution in [0.1, 0.15) is 44.3 Å². The Kier molecular flexibility index (Phi) is 5.19. The summed E-state index contributed by atoms with van der Waals surface area (Å²) >= 11 is 0. The van der Waals surface area contributed by atoms with Crippen LogP contribution >= 0.6 is 0 Å². The third kappa shape index (κ3) is 4.12. The molecule has 0 radical (unpaired) electrons. The SMILES string of the molecule is CC1(OC2=CC[C@H]3NN[C@@H](c4cc(N5CCN(CCO)CC5)ncn4)[C@H]3C2)CC1. The number of hydrogen-bond acceptors (Lipinski definition) is 8. The second-order valence-electron chi connectivity index (χ2n) is 9.05. The van der Waals surface area contributed by atoms with Gasteiger partial charge in [0.05, 0.1) is 24.1 Å². The molecule has 3 atom stereocenters. The highest BCUT2D eigenvalue weighted by Gasteiger charge is 2.44. The molecule has 1 aromatic heterocycles. The maximum Gasteiger partial charge on any atom is 0.132 e. The Morgan fingerprint density at radius 2 is 2.03 bits per heavy atom. The van der Waals surface area contributed by atoms with Gasteiger partial charge < -0.3 is 14.7 Å². The van der Waals surface area contributed by atoms with Crippen molar-refractivity contribution in [2.45, 2.75) is 50.3 Å². The first-order valence-electron chi connectivity index (χ1n) is 10.9. The van der Waals surface area contributed by atoms with Crippen LogP contribution in [0.3, 0.4) is 0 Å². The lowest BCUT2D eigenvalue weighted by Gasteiger charge is -2.35. The van der Waals surface area contributed by atoms with Crippen molar-refractivity contribution in [3.05, 3.63) is 29.9 Å². The summed E-state index contributed by atoms with van der Waals surface area (Å²) in [4.78, 5) is 13.8. The van der Waals surface area contributed by atoms with E-state index >= 15 is 0 Å². The largest absolute Gasteiger partial charge is 0.492 e. The summed E-state index contributed by atoms with van der Waals surface area (Å²) in [5, 5.41) is 9.14. The number of hydrogen-bond donors (Lipinski definition) is 3. The number of ether oxygens (including phenoxy) is 1. The zero-order valence-corrected chi connectivity index (χ0v) is 17.2. The van der Waals surface area contributed by atoms with Crippen molar-refractivity contribution in [1.29, 1.82) is 0 Å². The Balaban J connectivity index is 1.26. The number of nitrogens with one attached hydrogen (secondary N) is 2. The van der Waals surface area contributed by atoms with E-state index in [-0.39, 0.29) is 18.2 Å². The number of β-amino-alcohol motifs (C(OH)–C–C–N with tert-alkyl or cyclic N) is 1. The molecule has 1 saturated carbocycles. The fourth-order valence-corrected chi connectivity index (χ4v) is 4.73. The molecule has 2 saturated heterocycles. The molecule has 4 aliphatic rings. The Morgan fingerprint density at radius 1 is 1.21 bits per heavy atom. The van der Waals surface area contributed by atoms with Crippen molar-refractivity contribution in [1.82, 2.24) is 25.7 Å². The first-order valence-corrected chi connectivity index (χ1v) is 10.9. The molecule has 2 aliphatic carbocycles. The fourth-order valence-electron chi connectivity index (χ4n) is 4.73. The molecule has 0 spiro atoms. The molecular formula is C21H32N6O2. The van der Waals surface area contributed by atoms with Crippen LogP contribution in [0, 0.1) is 5.92 Å². The number of piperazine rings is 1. The molecule has 0 unspecified atom stereocenters. The lowest BCUT2D eigenvalue weighted by Crippen LogP contribution is -2.47. The second-order valence-corrected chi connectivity index (χ2v) is 9.05. The van der Waals surface area contributed by atoms with Gasteiger partial charge in [-0.3, -0.25) is 10.3 Å². The summed E-state index contributed by atoms with van der Waals surface area (Å²) < 4.78 is 6.27. The predicted octanol–water partition coefficient (Wildman–Crippen LogP) is 0.971. The molecule has 0 amide bonds. The maximum absolute atomic E-state index is 9.14. The van der Waals surface area contributed by atoms with Gasteiger partial charge in [-0.1, -0.05) is 0 Å². The highest BCUT2D eigenvalue weighted by Crippen LogP contribution is 2.44. The lowest BCUT2D eigenvalue weighted by atomic mass is 9.83. The van der Waals surface area contributed by atoms with Gasteiger partial charge in [-0.15, -0.1) is 0 Å². The molecular weight excluding hydrogens is 368 g/mol. The molecule has 1 aromatic rings. The predicted molar refractivity (Wildman–Crippen MR) is 110 cm³/mol. The smallest absolute Gasteiger partial charge is 0.132 e. The summed E-state index contributed by atoms with van der Waals surface area (Å²) in [5.74, 6) is 2.58. The van der Waals surface area contributed by atoms with E-state index in [4.69, 9.17) is 9.84 Å². The number of anilines is 1. The number of fused-ring (bicyclic) bond motifs is 1. The quantitative estimate of drug-likeness (QED) is 0.651. The van der Waals surface area contributed by atoms with Crippen LogP contribution in [-0.4, -0.2) is 70.9 Å². The number of allylic oxidation sites excluding steroid dienone is 1. The molecule has 0 bridgehead atoms. The van der Waals surface area contributed by atoms with Crippen molar-refractivity contribution in [2.24, 2.45) is 5.92 Å². The van der Waals surface area contributed by atoms with Gasteiger partial charge in [-0.2, -0.15) is 0 Å². The van der Waals surface area contributed by atoms with Gasteiger partial charge in [0.15, 0.2) is 0 Å². The van der Waals surface area contributed by atoms with E-state index in [0.29, 0.717) is 12.0 Å². The Bertz CT molecular complexity index is 759. The van der Waals surface area contributed by atoms with Crippen molar-refractivity contribution in [2.75, 3.05) is 44.2 Å². The molecule has 5 rings (SSSR count). The van der Waals surface area contributed by atoms with Gasteiger partial charge in [-0.05, 0) is 32.3 Å². The Hall–Kier alpha value is -1.74. The van der Waals surface area contributed by atoms with E-state index in [1.807, 2.05) is 0 Å². The maximum atomic E-state index is 9.14. The third-order valence-corrected chi connectivity index (χ3v) is 6.84. The summed E-state index contributed by atoms with van der Waals surface area (Å²) in [6.07, 6.45) is 8.23. The van der Waals surface area contributed by atoms with E-state index in [9.17, 15) is 0 Å². The average molecular weight is 401 g/mol. The number of aliphatic hydroxyl groups excluding tert-OH is 1. The van der Waals surface area contributed by atoms with E-state index in [0.717, 1.165) is 62.8 Å². The van der Waals surface area contributed by atoms with Crippen LogP contribution in [0.2, 0.25) is 0 Å². The monoisotopic (exact) mass is 400 g/mol.